The average molecular weight is 165 g/mol. The Kier molecular flexibility index (Phi) is 5.18. The molecule has 0 heterocycles. The van der Waals surface area contributed by atoms with Gasteiger partial charge in [-0.25, -0.2) is 0 Å². The molecule has 0 saturated heterocycles. The third-order valence-corrected chi connectivity index (χ3v) is 1.69. The van der Waals surface area contributed by atoms with Crippen LogP contribution in [0, 0.1) is 0 Å². The predicted molar refractivity (Wildman–Crippen MR) is 56.0 cm³/mol. The van der Waals surface area contributed by atoms with Crippen molar-refractivity contribution in [3.63, 3.8) is 0 Å². The van der Waals surface area contributed by atoms with Gasteiger partial charge in [0.05, 0.1) is 0 Å². The van der Waals surface area contributed by atoms with Gasteiger partial charge in [0.15, 0.2) is 0 Å². The van der Waals surface area contributed by atoms with Gasteiger partial charge in [-0.05, 0) is 25.8 Å². The molecule has 1 nitrogen and oxygen atoms in total. The van der Waals surface area contributed by atoms with E-state index in [1.807, 2.05) is 7.05 Å². The van der Waals surface area contributed by atoms with E-state index in [9.17, 15) is 0 Å². The summed E-state index contributed by atoms with van der Waals surface area (Å²) in [6.45, 7) is 10.2. The molecule has 0 fully saturated rings. The van der Waals surface area contributed by atoms with Crippen molar-refractivity contribution in [2.24, 2.45) is 0 Å². The lowest BCUT2D eigenvalue weighted by Gasteiger charge is -2.07. The first-order chi connectivity index (χ1) is 5.63. The Balaban J connectivity index is 4.59. The van der Waals surface area contributed by atoms with Crippen LogP contribution in [0.2, 0.25) is 0 Å². The highest BCUT2D eigenvalue weighted by molar-refractivity contribution is 5.39. The Hall–Kier alpha value is -0.980. The molecule has 0 aromatic rings. The minimum atomic E-state index is 0.986. The second-order valence-corrected chi connectivity index (χ2v) is 2.95. The van der Waals surface area contributed by atoms with Crippen LogP contribution in [0.3, 0.4) is 0 Å². The molecule has 1 N–H and O–H groups in total. The van der Waals surface area contributed by atoms with Crippen LogP contribution in [-0.2, 0) is 0 Å². The minimum Gasteiger partial charge on any atom is -0.388 e. The van der Waals surface area contributed by atoms with E-state index in [4.69, 9.17) is 0 Å². The third-order valence-electron chi connectivity index (χ3n) is 1.69. The van der Waals surface area contributed by atoms with Gasteiger partial charge in [-0.15, -0.1) is 0 Å². The SMILES string of the molecule is C=C(NC)C(/C=C\CC)=C(C)C. The van der Waals surface area contributed by atoms with Crippen molar-refractivity contribution in [3.05, 3.63) is 35.6 Å². The largest absolute Gasteiger partial charge is 0.388 e. The van der Waals surface area contributed by atoms with E-state index < -0.39 is 0 Å². The molecule has 0 aromatic carbocycles. The van der Waals surface area contributed by atoms with Crippen molar-refractivity contribution in [3.8, 4) is 0 Å². The molecule has 0 bridgehead atoms. The van der Waals surface area contributed by atoms with Gasteiger partial charge < -0.3 is 5.32 Å². The predicted octanol–water partition coefficient (Wildman–Crippen LogP) is 3.02. The van der Waals surface area contributed by atoms with Crippen LogP contribution in [0.4, 0.5) is 0 Å². The summed E-state index contributed by atoms with van der Waals surface area (Å²) in [5.74, 6) is 0. The highest BCUT2D eigenvalue weighted by Crippen LogP contribution is 2.12. The molecule has 0 saturated carbocycles. The van der Waals surface area contributed by atoms with Crippen LogP contribution in [0.5, 0.6) is 0 Å². The van der Waals surface area contributed by atoms with E-state index in [0.29, 0.717) is 0 Å². The Morgan fingerprint density at radius 1 is 1.42 bits per heavy atom. The zero-order valence-corrected chi connectivity index (χ0v) is 8.57. The van der Waals surface area contributed by atoms with Gasteiger partial charge in [-0.1, -0.05) is 31.2 Å². The van der Waals surface area contributed by atoms with Crippen LogP contribution < -0.4 is 5.32 Å². The van der Waals surface area contributed by atoms with Gasteiger partial charge in [0.25, 0.3) is 0 Å². The Morgan fingerprint density at radius 2 is 2.00 bits per heavy atom. The number of hydrogen-bond acceptors (Lipinski definition) is 1. The number of rotatable bonds is 4. The Bertz CT molecular complexity index is 205. The minimum absolute atomic E-state index is 0.986. The second-order valence-electron chi connectivity index (χ2n) is 2.95. The fourth-order valence-electron chi connectivity index (χ4n) is 0.939. The summed E-state index contributed by atoms with van der Waals surface area (Å²) in [7, 11) is 1.89. The summed E-state index contributed by atoms with van der Waals surface area (Å²) < 4.78 is 0. The Morgan fingerprint density at radius 3 is 2.33 bits per heavy atom. The lowest BCUT2D eigenvalue weighted by molar-refractivity contribution is 1.01. The van der Waals surface area contributed by atoms with Gasteiger partial charge in [-0.2, -0.15) is 0 Å². The molecule has 0 amide bonds. The van der Waals surface area contributed by atoms with E-state index in [2.05, 4.69) is 44.8 Å². The molecule has 12 heavy (non-hydrogen) atoms. The number of nitrogens with one attached hydrogen (secondary N) is 1. The van der Waals surface area contributed by atoms with E-state index in [1.165, 1.54) is 11.1 Å². The molecule has 0 radical (unpaired) electrons. The van der Waals surface area contributed by atoms with Crippen molar-refractivity contribution < 1.29 is 0 Å². The summed E-state index contributed by atoms with van der Waals surface area (Å²) in [5, 5.41) is 3.05. The van der Waals surface area contributed by atoms with E-state index >= 15 is 0 Å². The second kappa shape index (κ2) is 5.64. The summed E-state index contributed by atoms with van der Waals surface area (Å²) in [6, 6.07) is 0. The lowest BCUT2D eigenvalue weighted by atomic mass is 10.1. The summed E-state index contributed by atoms with van der Waals surface area (Å²) >= 11 is 0. The molecule has 68 valence electrons. The van der Waals surface area contributed by atoms with Crippen molar-refractivity contribution in [1.29, 1.82) is 0 Å². The van der Waals surface area contributed by atoms with E-state index in [-0.39, 0.29) is 0 Å². The van der Waals surface area contributed by atoms with Crippen molar-refractivity contribution >= 4 is 0 Å². The molecule has 0 spiro atoms. The van der Waals surface area contributed by atoms with Gasteiger partial charge in [-0.3, -0.25) is 0 Å². The van der Waals surface area contributed by atoms with Crippen molar-refractivity contribution in [1.82, 2.24) is 5.32 Å². The van der Waals surface area contributed by atoms with Gasteiger partial charge in [0.2, 0.25) is 0 Å². The maximum Gasteiger partial charge on any atom is 0.0337 e. The molecule has 0 unspecified atom stereocenters. The number of likely N-dealkylation sites (N-methyl/N-ethyl adjacent to an activating group) is 1. The number of hydrogen-bond donors (Lipinski definition) is 1. The standard InChI is InChI=1S/C11H19N/c1-6-7-8-11(9(2)3)10(4)12-5/h7-8,12H,4,6H2,1-3,5H3/b8-7-. The quantitative estimate of drug-likeness (QED) is 0.631. The maximum absolute atomic E-state index is 3.93. The van der Waals surface area contributed by atoms with Crippen molar-refractivity contribution in [2.45, 2.75) is 27.2 Å². The van der Waals surface area contributed by atoms with E-state index in [0.717, 1.165) is 12.1 Å². The molecule has 0 rings (SSSR count). The molecular weight excluding hydrogens is 146 g/mol. The molecule has 0 atom stereocenters. The van der Waals surface area contributed by atoms with Crippen molar-refractivity contribution in [2.75, 3.05) is 7.05 Å². The van der Waals surface area contributed by atoms with Crippen LogP contribution in [0.1, 0.15) is 27.2 Å². The fraction of sp³-hybridized carbons (Fsp3) is 0.455. The van der Waals surface area contributed by atoms with E-state index in [1.54, 1.807) is 0 Å². The first-order valence-corrected chi connectivity index (χ1v) is 4.34. The normalized spacial score (nSPS) is 10.0. The maximum atomic E-state index is 3.93. The highest BCUT2D eigenvalue weighted by atomic mass is 14.8. The molecule has 0 aliphatic heterocycles. The average Bonchev–Trinajstić information content (AvgIpc) is 2.04. The van der Waals surface area contributed by atoms with Gasteiger partial charge in [0, 0.05) is 12.7 Å². The first-order valence-electron chi connectivity index (χ1n) is 4.34. The molecule has 0 aromatic heterocycles. The van der Waals surface area contributed by atoms with Gasteiger partial charge in [0.1, 0.15) is 0 Å². The zero-order chi connectivity index (χ0) is 9.56. The van der Waals surface area contributed by atoms with Crippen LogP contribution >= 0.6 is 0 Å². The first kappa shape index (κ1) is 11.0. The fourth-order valence-corrected chi connectivity index (χ4v) is 0.939. The topological polar surface area (TPSA) is 12.0 Å². The third kappa shape index (κ3) is 3.42. The highest BCUT2D eigenvalue weighted by Gasteiger charge is 1.97. The van der Waals surface area contributed by atoms with Gasteiger partial charge >= 0.3 is 0 Å². The van der Waals surface area contributed by atoms with Crippen LogP contribution in [0.25, 0.3) is 0 Å². The molecule has 0 aliphatic carbocycles. The smallest absolute Gasteiger partial charge is 0.0337 e. The summed E-state index contributed by atoms with van der Waals surface area (Å²) in [4.78, 5) is 0. The molecular formula is C11H19N. The molecule has 0 aliphatic rings. The lowest BCUT2D eigenvalue weighted by Crippen LogP contribution is -2.06. The monoisotopic (exact) mass is 165 g/mol. The Labute approximate surface area is 75.9 Å². The summed E-state index contributed by atoms with van der Waals surface area (Å²) in [5.41, 5.74) is 3.48. The van der Waals surface area contributed by atoms with Crippen LogP contribution in [-0.4, -0.2) is 7.05 Å². The molecule has 1 heteroatoms. The zero-order valence-electron chi connectivity index (χ0n) is 8.57. The summed E-state index contributed by atoms with van der Waals surface area (Å²) in [6.07, 6.45) is 5.33. The van der Waals surface area contributed by atoms with Crippen LogP contribution in [0.15, 0.2) is 35.6 Å². The number of allylic oxidation sites excluding steroid dienone is 3.